The van der Waals surface area contributed by atoms with Crippen molar-refractivity contribution in [2.45, 2.75) is 45.3 Å². The molecule has 3 N–H and O–H groups in total. The zero-order valence-electron chi connectivity index (χ0n) is 17.5. The number of anilines is 1. The smallest absolute Gasteiger partial charge is 0.242 e. The van der Waals surface area contributed by atoms with Crippen LogP contribution in [0.15, 0.2) is 53.5 Å². The molecule has 2 aromatic rings. The maximum atomic E-state index is 13.4. The Hall–Kier alpha value is -3.09. The van der Waals surface area contributed by atoms with Crippen LogP contribution in [-0.2, 0) is 11.2 Å². The average molecular weight is 413 g/mol. The van der Waals surface area contributed by atoms with Crippen molar-refractivity contribution in [3.63, 3.8) is 0 Å². The number of aliphatic imine (C=N–C) groups is 1. The summed E-state index contributed by atoms with van der Waals surface area (Å²) in [5.74, 6) is 0.941. The topological polar surface area (TPSA) is 74.8 Å². The zero-order valence-corrected chi connectivity index (χ0v) is 17.5. The summed E-state index contributed by atoms with van der Waals surface area (Å²) < 4.78 is 19.0. The molecule has 6 nitrogen and oxygen atoms in total. The predicted molar refractivity (Wildman–Crippen MR) is 117 cm³/mol. The van der Waals surface area contributed by atoms with Gasteiger partial charge in [0.2, 0.25) is 5.91 Å². The molecule has 0 aliphatic heterocycles. The molecule has 3 rings (SSSR count). The van der Waals surface area contributed by atoms with Gasteiger partial charge in [0, 0.05) is 18.3 Å². The molecule has 1 saturated carbocycles. The molecule has 0 saturated heterocycles. The standard InChI is InChI=1S/C23H29FN4O2/c1-16(2)30-21-10-8-20(9-11-21)28-23(26-15-22(29)27-19-6-7-19)25-13-12-17-4-3-5-18(24)14-17/h3-5,8-11,14,16,19H,6-7,12-13,15H2,1-2H3,(H,27,29)(H2,25,26,28). The van der Waals surface area contributed by atoms with Crippen molar-refractivity contribution in [2.24, 2.45) is 4.99 Å². The van der Waals surface area contributed by atoms with E-state index in [2.05, 4.69) is 20.9 Å². The fourth-order valence-corrected chi connectivity index (χ4v) is 2.83. The van der Waals surface area contributed by atoms with E-state index in [4.69, 9.17) is 4.74 Å². The first-order valence-corrected chi connectivity index (χ1v) is 10.3. The van der Waals surface area contributed by atoms with E-state index in [-0.39, 0.29) is 24.4 Å². The van der Waals surface area contributed by atoms with Crippen molar-refractivity contribution in [1.29, 1.82) is 0 Å². The van der Waals surface area contributed by atoms with Crippen molar-refractivity contribution in [1.82, 2.24) is 10.6 Å². The average Bonchev–Trinajstić information content (AvgIpc) is 3.51. The Labute approximate surface area is 176 Å². The lowest BCUT2D eigenvalue weighted by atomic mass is 10.1. The number of guanidine groups is 1. The predicted octanol–water partition coefficient (Wildman–Crippen LogP) is 3.49. The summed E-state index contributed by atoms with van der Waals surface area (Å²) in [6.07, 6.45) is 2.82. The lowest BCUT2D eigenvalue weighted by Crippen LogP contribution is -2.35. The molecule has 0 atom stereocenters. The van der Waals surface area contributed by atoms with E-state index in [1.54, 1.807) is 6.07 Å². The third kappa shape index (κ3) is 7.73. The fraction of sp³-hybridized carbons (Fsp3) is 0.391. The van der Waals surface area contributed by atoms with Crippen molar-refractivity contribution in [3.8, 4) is 5.75 Å². The Bertz CT molecular complexity index is 864. The van der Waals surface area contributed by atoms with E-state index >= 15 is 0 Å². The van der Waals surface area contributed by atoms with Gasteiger partial charge in [-0.3, -0.25) is 4.79 Å². The highest BCUT2D eigenvalue weighted by atomic mass is 19.1. The number of nitrogens with one attached hydrogen (secondary N) is 3. The summed E-state index contributed by atoms with van der Waals surface area (Å²) in [5.41, 5.74) is 1.72. The van der Waals surface area contributed by atoms with Gasteiger partial charge < -0.3 is 20.7 Å². The number of hydrogen-bond acceptors (Lipinski definition) is 3. The molecule has 0 aromatic heterocycles. The van der Waals surface area contributed by atoms with Gasteiger partial charge in [0.1, 0.15) is 18.1 Å². The lowest BCUT2D eigenvalue weighted by molar-refractivity contribution is -0.119. The first-order valence-electron chi connectivity index (χ1n) is 10.3. The maximum absolute atomic E-state index is 13.4. The van der Waals surface area contributed by atoms with Gasteiger partial charge in [-0.2, -0.15) is 0 Å². The van der Waals surface area contributed by atoms with Gasteiger partial charge in [-0.25, -0.2) is 9.38 Å². The van der Waals surface area contributed by atoms with Crippen molar-refractivity contribution in [3.05, 3.63) is 59.9 Å². The van der Waals surface area contributed by atoms with E-state index in [0.29, 0.717) is 25.0 Å². The van der Waals surface area contributed by atoms with E-state index < -0.39 is 0 Å². The fourth-order valence-electron chi connectivity index (χ4n) is 2.83. The highest BCUT2D eigenvalue weighted by molar-refractivity contribution is 5.95. The summed E-state index contributed by atoms with van der Waals surface area (Å²) in [7, 11) is 0. The number of carbonyl (C=O) groups excluding carboxylic acids is 1. The molecule has 30 heavy (non-hydrogen) atoms. The number of hydrogen-bond donors (Lipinski definition) is 3. The third-order valence-electron chi connectivity index (χ3n) is 4.41. The minimum Gasteiger partial charge on any atom is -0.491 e. The molecule has 2 aromatic carbocycles. The highest BCUT2D eigenvalue weighted by Crippen LogP contribution is 2.18. The van der Waals surface area contributed by atoms with Gasteiger partial charge >= 0.3 is 0 Å². The van der Waals surface area contributed by atoms with Crippen LogP contribution in [0.4, 0.5) is 10.1 Å². The van der Waals surface area contributed by atoms with Crippen LogP contribution >= 0.6 is 0 Å². The Balaban J connectivity index is 1.59. The molecule has 0 spiro atoms. The van der Waals surface area contributed by atoms with Crippen LogP contribution < -0.4 is 20.7 Å². The van der Waals surface area contributed by atoms with Crippen LogP contribution in [0.2, 0.25) is 0 Å². The molecule has 0 unspecified atom stereocenters. The van der Waals surface area contributed by atoms with E-state index in [0.717, 1.165) is 29.8 Å². The van der Waals surface area contributed by atoms with Gasteiger partial charge in [0.25, 0.3) is 0 Å². The number of halogens is 1. The molecular weight excluding hydrogens is 383 g/mol. The van der Waals surface area contributed by atoms with Crippen LogP contribution in [0.3, 0.4) is 0 Å². The van der Waals surface area contributed by atoms with Gasteiger partial charge in [-0.1, -0.05) is 12.1 Å². The van der Waals surface area contributed by atoms with Gasteiger partial charge in [-0.15, -0.1) is 0 Å². The SMILES string of the molecule is CC(C)Oc1ccc(NC(=NCC(=O)NC2CC2)NCCc2cccc(F)c2)cc1. The second-order valence-electron chi connectivity index (χ2n) is 7.63. The van der Waals surface area contributed by atoms with E-state index in [9.17, 15) is 9.18 Å². The molecular formula is C23H29FN4O2. The largest absolute Gasteiger partial charge is 0.491 e. The van der Waals surface area contributed by atoms with Crippen LogP contribution in [0.5, 0.6) is 5.75 Å². The zero-order chi connectivity index (χ0) is 21.3. The first kappa shape index (κ1) is 21.6. The lowest BCUT2D eigenvalue weighted by Gasteiger charge is -2.14. The Morgan fingerprint density at radius 1 is 1.20 bits per heavy atom. The summed E-state index contributed by atoms with van der Waals surface area (Å²) in [4.78, 5) is 16.4. The van der Waals surface area contributed by atoms with Crippen molar-refractivity contribution < 1.29 is 13.9 Å². The third-order valence-corrected chi connectivity index (χ3v) is 4.41. The van der Waals surface area contributed by atoms with Crippen molar-refractivity contribution >= 4 is 17.6 Å². The number of rotatable bonds is 9. The second-order valence-corrected chi connectivity index (χ2v) is 7.63. The van der Waals surface area contributed by atoms with E-state index in [1.165, 1.54) is 12.1 Å². The minimum atomic E-state index is -0.250. The molecule has 160 valence electrons. The molecule has 1 aliphatic carbocycles. The molecule has 1 fully saturated rings. The molecule has 7 heteroatoms. The summed E-state index contributed by atoms with van der Waals surface area (Å²) >= 11 is 0. The van der Waals surface area contributed by atoms with E-state index in [1.807, 2.05) is 44.2 Å². The van der Waals surface area contributed by atoms with Crippen molar-refractivity contribution in [2.75, 3.05) is 18.4 Å². The number of amides is 1. The molecule has 0 heterocycles. The summed E-state index contributed by atoms with van der Waals surface area (Å²) in [6.45, 7) is 4.55. The molecule has 1 amide bonds. The van der Waals surface area contributed by atoms with Crippen LogP contribution in [-0.4, -0.2) is 37.1 Å². The minimum absolute atomic E-state index is 0.0420. The van der Waals surface area contributed by atoms with Crippen LogP contribution in [0.1, 0.15) is 32.3 Å². The summed E-state index contributed by atoms with van der Waals surface area (Å²) in [6, 6.07) is 14.4. The monoisotopic (exact) mass is 412 g/mol. The molecule has 0 bridgehead atoms. The molecule has 0 radical (unpaired) electrons. The van der Waals surface area contributed by atoms with Gasteiger partial charge in [0.15, 0.2) is 5.96 Å². The maximum Gasteiger partial charge on any atom is 0.242 e. The Kier molecular flexibility index (Phi) is 7.65. The van der Waals surface area contributed by atoms with Gasteiger partial charge in [0.05, 0.1) is 6.10 Å². The number of ether oxygens (including phenoxy) is 1. The molecule has 1 aliphatic rings. The van der Waals surface area contributed by atoms with Gasteiger partial charge in [-0.05, 0) is 75.1 Å². The van der Waals surface area contributed by atoms with Crippen LogP contribution in [0, 0.1) is 5.82 Å². The number of carbonyl (C=O) groups is 1. The Morgan fingerprint density at radius 3 is 2.63 bits per heavy atom. The number of nitrogens with zero attached hydrogens (tertiary/aromatic N) is 1. The second kappa shape index (κ2) is 10.6. The normalized spacial score (nSPS) is 13.8. The summed E-state index contributed by atoms with van der Waals surface area (Å²) in [5, 5.41) is 9.35. The highest BCUT2D eigenvalue weighted by Gasteiger charge is 2.22. The Morgan fingerprint density at radius 2 is 1.97 bits per heavy atom. The van der Waals surface area contributed by atoms with Crippen LogP contribution in [0.25, 0.3) is 0 Å². The first-order chi connectivity index (χ1) is 14.5. The number of benzene rings is 2. The quantitative estimate of drug-likeness (QED) is 0.435.